The molecule has 1 rings (SSSR count). The summed E-state index contributed by atoms with van der Waals surface area (Å²) in [7, 11) is 0. The average Bonchev–Trinajstić information content (AvgIpc) is 1.77. The third-order valence-electron chi connectivity index (χ3n) is 1.77. The highest BCUT2D eigenvalue weighted by Crippen LogP contribution is 2.18. The zero-order chi connectivity index (χ0) is 5.98. The molecule has 1 nitrogen and oxygen atoms in total. The minimum Gasteiger partial charge on any atom is -0.378 e. The van der Waals surface area contributed by atoms with Crippen LogP contribution in [-0.2, 0) is 4.74 Å². The summed E-state index contributed by atoms with van der Waals surface area (Å²) < 4.78 is 5.28. The van der Waals surface area contributed by atoms with Crippen LogP contribution >= 0.6 is 0 Å². The highest BCUT2D eigenvalue weighted by atomic mass is 16.5. The molecule has 0 aromatic carbocycles. The summed E-state index contributed by atoms with van der Waals surface area (Å²) in [4.78, 5) is 0. The third-order valence-corrected chi connectivity index (χ3v) is 1.77. The van der Waals surface area contributed by atoms with Crippen molar-refractivity contribution in [1.82, 2.24) is 0 Å². The number of rotatable bonds is 0. The quantitative estimate of drug-likeness (QED) is 0.464. The second kappa shape index (κ2) is 2.49. The molecule has 0 aromatic rings. The number of hydrogen-bond donors (Lipinski definition) is 0. The predicted octanol–water partition coefficient (Wildman–Crippen LogP) is 1.64. The van der Waals surface area contributed by atoms with Crippen molar-refractivity contribution >= 4 is 0 Å². The zero-order valence-electron chi connectivity index (χ0n) is 5.39. The first kappa shape index (κ1) is 6.09. The van der Waals surface area contributed by atoms with Crippen LogP contribution in [0.1, 0.15) is 19.8 Å². The van der Waals surface area contributed by atoms with Crippen LogP contribution in [0, 0.1) is 12.8 Å². The molecule has 0 N–H and O–H groups in total. The second-order valence-electron chi connectivity index (χ2n) is 2.53. The van der Waals surface area contributed by atoms with Crippen molar-refractivity contribution in [3.05, 3.63) is 6.92 Å². The van der Waals surface area contributed by atoms with Gasteiger partial charge in [0.2, 0.25) is 0 Å². The first-order valence-corrected chi connectivity index (χ1v) is 3.25. The van der Waals surface area contributed by atoms with E-state index >= 15 is 0 Å². The van der Waals surface area contributed by atoms with Gasteiger partial charge in [-0.3, -0.25) is 0 Å². The molecule has 0 amide bonds. The fourth-order valence-corrected chi connectivity index (χ4v) is 0.990. The second-order valence-corrected chi connectivity index (χ2v) is 2.53. The SMILES string of the molecule is [CH2]C1OCCCC1C. The lowest BCUT2D eigenvalue weighted by molar-refractivity contribution is 0.00843. The van der Waals surface area contributed by atoms with Crippen molar-refractivity contribution in [2.45, 2.75) is 25.9 Å². The van der Waals surface area contributed by atoms with Crippen LogP contribution in [0.25, 0.3) is 0 Å². The van der Waals surface area contributed by atoms with E-state index in [1.165, 1.54) is 12.8 Å². The Morgan fingerprint density at radius 2 is 2.38 bits per heavy atom. The Labute approximate surface area is 51.0 Å². The van der Waals surface area contributed by atoms with E-state index in [2.05, 4.69) is 13.8 Å². The van der Waals surface area contributed by atoms with Crippen LogP contribution < -0.4 is 0 Å². The topological polar surface area (TPSA) is 9.23 Å². The molecular weight excluding hydrogens is 100 g/mol. The summed E-state index contributed by atoms with van der Waals surface area (Å²) >= 11 is 0. The van der Waals surface area contributed by atoms with Crippen LogP contribution in [-0.4, -0.2) is 12.7 Å². The minimum atomic E-state index is 0.253. The molecule has 1 radical (unpaired) electrons. The molecule has 1 saturated heterocycles. The first-order valence-electron chi connectivity index (χ1n) is 3.25. The van der Waals surface area contributed by atoms with Gasteiger partial charge < -0.3 is 4.74 Å². The van der Waals surface area contributed by atoms with Gasteiger partial charge in [-0.05, 0) is 25.7 Å². The van der Waals surface area contributed by atoms with E-state index in [4.69, 9.17) is 4.74 Å². The molecule has 8 heavy (non-hydrogen) atoms. The van der Waals surface area contributed by atoms with Gasteiger partial charge in [-0.15, -0.1) is 0 Å². The molecule has 0 bridgehead atoms. The monoisotopic (exact) mass is 113 g/mol. The van der Waals surface area contributed by atoms with Crippen LogP contribution in [0.3, 0.4) is 0 Å². The van der Waals surface area contributed by atoms with Gasteiger partial charge in [0.1, 0.15) is 0 Å². The van der Waals surface area contributed by atoms with Crippen molar-refractivity contribution in [2.75, 3.05) is 6.61 Å². The third kappa shape index (κ3) is 1.22. The van der Waals surface area contributed by atoms with Gasteiger partial charge in [-0.2, -0.15) is 0 Å². The Kier molecular flexibility index (Phi) is 1.90. The Morgan fingerprint density at radius 3 is 2.75 bits per heavy atom. The molecule has 1 heterocycles. The van der Waals surface area contributed by atoms with Gasteiger partial charge >= 0.3 is 0 Å². The number of hydrogen-bond acceptors (Lipinski definition) is 1. The van der Waals surface area contributed by atoms with E-state index in [9.17, 15) is 0 Å². The summed E-state index contributed by atoms with van der Waals surface area (Å²) in [5, 5.41) is 0. The standard InChI is InChI=1S/C7H13O/c1-6-4-3-5-8-7(6)2/h6-7H,2-5H2,1H3. The molecule has 1 aliphatic heterocycles. The van der Waals surface area contributed by atoms with Crippen LogP contribution in [0.4, 0.5) is 0 Å². The normalized spacial score (nSPS) is 39.8. The molecule has 47 valence electrons. The average molecular weight is 113 g/mol. The van der Waals surface area contributed by atoms with Crippen molar-refractivity contribution in [3.8, 4) is 0 Å². The minimum absolute atomic E-state index is 0.253. The maximum Gasteiger partial charge on any atom is 0.0601 e. The fraction of sp³-hybridized carbons (Fsp3) is 0.857. The summed E-state index contributed by atoms with van der Waals surface area (Å²) in [5.41, 5.74) is 0. The Hall–Kier alpha value is -0.0400. The Morgan fingerprint density at radius 1 is 1.62 bits per heavy atom. The lowest BCUT2D eigenvalue weighted by Gasteiger charge is -2.25. The van der Waals surface area contributed by atoms with Gasteiger partial charge in [-0.25, -0.2) is 0 Å². The van der Waals surface area contributed by atoms with Crippen LogP contribution in [0.2, 0.25) is 0 Å². The van der Waals surface area contributed by atoms with Crippen molar-refractivity contribution in [1.29, 1.82) is 0 Å². The molecule has 1 heteroatoms. The Balaban J connectivity index is 2.28. The van der Waals surface area contributed by atoms with E-state index < -0.39 is 0 Å². The number of ether oxygens (including phenoxy) is 1. The molecule has 2 unspecified atom stereocenters. The molecule has 1 aliphatic rings. The van der Waals surface area contributed by atoms with Gasteiger partial charge in [0.25, 0.3) is 0 Å². The first-order chi connectivity index (χ1) is 3.80. The largest absolute Gasteiger partial charge is 0.378 e. The van der Waals surface area contributed by atoms with E-state index in [-0.39, 0.29) is 6.10 Å². The molecule has 0 spiro atoms. The lowest BCUT2D eigenvalue weighted by Crippen LogP contribution is -2.24. The molecule has 1 fully saturated rings. The predicted molar refractivity (Wildman–Crippen MR) is 33.5 cm³/mol. The molecule has 0 aliphatic carbocycles. The smallest absolute Gasteiger partial charge is 0.0601 e. The maximum absolute atomic E-state index is 5.28. The zero-order valence-corrected chi connectivity index (χ0v) is 5.39. The van der Waals surface area contributed by atoms with Crippen molar-refractivity contribution < 1.29 is 4.74 Å². The van der Waals surface area contributed by atoms with E-state index in [1.54, 1.807) is 0 Å². The Bertz CT molecular complexity index is 60.8. The highest BCUT2D eigenvalue weighted by Gasteiger charge is 2.16. The lowest BCUT2D eigenvalue weighted by atomic mass is 9.98. The van der Waals surface area contributed by atoms with Crippen LogP contribution in [0.5, 0.6) is 0 Å². The molecule has 2 atom stereocenters. The molecule has 0 aromatic heterocycles. The fourth-order valence-electron chi connectivity index (χ4n) is 0.990. The van der Waals surface area contributed by atoms with Gasteiger partial charge in [0.05, 0.1) is 6.10 Å². The molecule has 0 saturated carbocycles. The van der Waals surface area contributed by atoms with Crippen molar-refractivity contribution in [2.24, 2.45) is 5.92 Å². The van der Waals surface area contributed by atoms with E-state index in [0.717, 1.165) is 6.61 Å². The maximum atomic E-state index is 5.28. The van der Waals surface area contributed by atoms with Crippen LogP contribution in [0.15, 0.2) is 0 Å². The van der Waals surface area contributed by atoms with Gasteiger partial charge in [0, 0.05) is 6.61 Å². The summed E-state index contributed by atoms with van der Waals surface area (Å²) in [6.45, 7) is 6.96. The van der Waals surface area contributed by atoms with Crippen molar-refractivity contribution in [3.63, 3.8) is 0 Å². The van der Waals surface area contributed by atoms with Gasteiger partial charge in [0.15, 0.2) is 0 Å². The molecular formula is C7H13O. The summed E-state index contributed by atoms with van der Waals surface area (Å²) in [6.07, 6.45) is 2.75. The summed E-state index contributed by atoms with van der Waals surface area (Å²) in [5.74, 6) is 0.670. The van der Waals surface area contributed by atoms with Gasteiger partial charge in [-0.1, -0.05) is 6.92 Å². The summed E-state index contributed by atoms with van der Waals surface area (Å²) in [6, 6.07) is 0. The van der Waals surface area contributed by atoms with E-state index in [0.29, 0.717) is 5.92 Å². The highest BCUT2D eigenvalue weighted by molar-refractivity contribution is 4.71. The van der Waals surface area contributed by atoms with E-state index in [1.807, 2.05) is 0 Å².